The summed E-state index contributed by atoms with van der Waals surface area (Å²) in [7, 11) is 0. The van der Waals surface area contributed by atoms with Crippen LogP contribution in [0.4, 0.5) is 0 Å². The smallest absolute Gasteiger partial charge is 0.237 e. The summed E-state index contributed by atoms with van der Waals surface area (Å²) in [6, 6.07) is -0.462. The predicted octanol–water partition coefficient (Wildman–Crippen LogP) is 1.47. The van der Waals surface area contributed by atoms with Crippen molar-refractivity contribution in [3.05, 3.63) is 0 Å². The second-order valence-electron chi connectivity index (χ2n) is 5.58. The predicted molar refractivity (Wildman–Crippen MR) is 71.3 cm³/mol. The lowest BCUT2D eigenvalue weighted by molar-refractivity contribution is -0.125. The summed E-state index contributed by atoms with van der Waals surface area (Å²) < 4.78 is 5.54. The van der Waals surface area contributed by atoms with Gasteiger partial charge in [-0.2, -0.15) is 0 Å². The molecular weight excluding hydrogens is 240 g/mol. The van der Waals surface area contributed by atoms with Gasteiger partial charge in [-0.05, 0) is 24.7 Å². The Hall–Kier alpha value is -0.320. The van der Waals surface area contributed by atoms with Crippen LogP contribution in [0.15, 0.2) is 0 Å². The minimum absolute atomic E-state index is 0. The first-order valence-corrected chi connectivity index (χ1v) is 6.06. The Labute approximate surface area is 110 Å². The molecule has 2 atom stereocenters. The molecule has 0 bridgehead atoms. The molecule has 0 radical (unpaired) electrons. The van der Waals surface area contributed by atoms with Crippen molar-refractivity contribution in [3.63, 3.8) is 0 Å². The van der Waals surface area contributed by atoms with Crippen molar-refractivity contribution in [3.8, 4) is 0 Å². The van der Waals surface area contributed by atoms with Gasteiger partial charge in [-0.1, -0.05) is 20.8 Å². The molecule has 0 aromatic heterocycles. The van der Waals surface area contributed by atoms with Crippen LogP contribution >= 0.6 is 12.4 Å². The van der Waals surface area contributed by atoms with Crippen LogP contribution in [0.5, 0.6) is 0 Å². The SMILES string of the molecule is CC(C)(C)[C@H](N)C(=O)NCC1CCCCO1.Cl. The average Bonchev–Trinajstić information content (AvgIpc) is 2.25. The standard InChI is InChI=1S/C12H24N2O2.ClH/c1-12(2,3)10(13)11(15)14-8-9-6-4-5-7-16-9;/h9-10H,4-8,13H2,1-3H3,(H,14,15);1H/t9?,10-;/m1./s1. The Morgan fingerprint density at radius 2 is 2.12 bits per heavy atom. The van der Waals surface area contributed by atoms with Gasteiger partial charge in [0.1, 0.15) is 0 Å². The number of hydrogen-bond acceptors (Lipinski definition) is 3. The Morgan fingerprint density at radius 1 is 1.47 bits per heavy atom. The van der Waals surface area contributed by atoms with E-state index in [1.54, 1.807) is 0 Å². The van der Waals surface area contributed by atoms with Gasteiger partial charge in [-0.15, -0.1) is 12.4 Å². The van der Waals surface area contributed by atoms with Crippen molar-refractivity contribution in [1.82, 2.24) is 5.32 Å². The molecule has 5 heteroatoms. The number of ether oxygens (including phenoxy) is 1. The highest BCUT2D eigenvalue weighted by Gasteiger charge is 2.27. The second-order valence-corrected chi connectivity index (χ2v) is 5.58. The topological polar surface area (TPSA) is 64.4 Å². The molecule has 1 saturated heterocycles. The van der Waals surface area contributed by atoms with E-state index >= 15 is 0 Å². The summed E-state index contributed by atoms with van der Waals surface area (Å²) in [6.07, 6.45) is 3.52. The van der Waals surface area contributed by atoms with Crippen LogP contribution in [0.2, 0.25) is 0 Å². The first kappa shape index (κ1) is 16.7. The third-order valence-corrected chi connectivity index (χ3v) is 2.99. The van der Waals surface area contributed by atoms with E-state index in [1.165, 1.54) is 6.42 Å². The Morgan fingerprint density at radius 3 is 2.59 bits per heavy atom. The molecule has 1 aliphatic heterocycles. The van der Waals surface area contributed by atoms with Gasteiger partial charge in [0.15, 0.2) is 0 Å². The van der Waals surface area contributed by atoms with Crippen LogP contribution in [0.3, 0.4) is 0 Å². The van der Waals surface area contributed by atoms with E-state index in [2.05, 4.69) is 5.32 Å². The first-order valence-electron chi connectivity index (χ1n) is 6.06. The molecule has 4 nitrogen and oxygen atoms in total. The molecule has 0 spiro atoms. The monoisotopic (exact) mass is 264 g/mol. The van der Waals surface area contributed by atoms with E-state index in [4.69, 9.17) is 10.5 Å². The minimum Gasteiger partial charge on any atom is -0.376 e. The summed E-state index contributed by atoms with van der Waals surface area (Å²) >= 11 is 0. The van der Waals surface area contributed by atoms with Crippen molar-refractivity contribution in [2.75, 3.05) is 13.2 Å². The summed E-state index contributed by atoms with van der Waals surface area (Å²) in [5.41, 5.74) is 5.66. The summed E-state index contributed by atoms with van der Waals surface area (Å²) in [5.74, 6) is -0.0818. The highest BCUT2D eigenvalue weighted by atomic mass is 35.5. The Bertz CT molecular complexity index is 235. The largest absolute Gasteiger partial charge is 0.376 e. The van der Waals surface area contributed by atoms with Crippen LogP contribution in [-0.2, 0) is 9.53 Å². The highest BCUT2D eigenvalue weighted by molar-refractivity contribution is 5.85. The molecule has 1 rings (SSSR count). The first-order chi connectivity index (χ1) is 7.41. The number of rotatable bonds is 3. The Kier molecular flexibility index (Phi) is 7.05. The van der Waals surface area contributed by atoms with Crippen molar-refractivity contribution >= 4 is 18.3 Å². The van der Waals surface area contributed by atoms with E-state index in [0.717, 1.165) is 19.4 Å². The molecule has 0 aliphatic carbocycles. The van der Waals surface area contributed by atoms with E-state index < -0.39 is 6.04 Å². The van der Waals surface area contributed by atoms with E-state index in [-0.39, 0.29) is 29.8 Å². The molecule has 3 N–H and O–H groups in total. The lowest BCUT2D eigenvalue weighted by Crippen LogP contribution is -2.50. The summed E-state index contributed by atoms with van der Waals surface area (Å²) in [4.78, 5) is 11.7. The summed E-state index contributed by atoms with van der Waals surface area (Å²) in [5, 5.41) is 2.87. The van der Waals surface area contributed by atoms with Crippen LogP contribution < -0.4 is 11.1 Å². The molecule has 17 heavy (non-hydrogen) atoms. The average molecular weight is 265 g/mol. The molecule has 1 heterocycles. The zero-order valence-corrected chi connectivity index (χ0v) is 11.8. The molecule has 102 valence electrons. The van der Waals surface area contributed by atoms with Gasteiger partial charge >= 0.3 is 0 Å². The lowest BCUT2D eigenvalue weighted by Gasteiger charge is -2.28. The number of halogens is 1. The normalized spacial score (nSPS) is 22.5. The number of carbonyl (C=O) groups excluding carboxylic acids is 1. The molecule has 1 fully saturated rings. The zero-order valence-electron chi connectivity index (χ0n) is 11.0. The fraction of sp³-hybridized carbons (Fsp3) is 0.917. The van der Waals surface area contributed by atoms with Crippen molar-refractivity contribution in [1.29, 1.82) is 0 Å². The zero-order chi connectivity index (χ0) is 12.2. The molecule has 1 aliphatic rings. The molecule has 1 amide bonds. The van der Waals surface area contributed by atoms with Crippen LogP contribution in [0.25, 0.3) is 0 Å². The van der Waals surface area contributed by atoms with Crippen LogP contribution in [0.1, 0.15) is 40.0 Å². The molecule has 0 aromatic rings. The second kappa shape index (κ2) is 7.19. The number of nitrogens with two attached hydrogens (primary N) is 1. The number of nitrogens with one attached hydrogen (secondary N) is 1. The third kappa shape index (κ3) is 5.70. The molecule has 0 aromatic carbocycles. The van der Waals surface area contributed by atoms with Gasteiger partial charge < -0.3 is 15.8 Å². The number of hydrogen-bond donors (Lipinski definition) is 2. The molecular formula is C12H25ClN2O2. The lowest BCUT2D eigenvalue weighted by atomic mass is 9.87. The fourth-order valence-corrected chi connectivity index (χ4v) is 1.69. The van der Waals surface area contributed by atoms with Gasteiger partial charge in [0.2, 0.25) is 5.91 Å². The van der Waals surface area contributed by atoms with E-state index in [0.29, 0.717) is 6.54 Å². The molecule has 0 saturated carbocycles. The van der Waals surface area contributed by atoms with E-state index in [1.807, 2.05) is 20.8 Å². The van der Waals surface area contributed by atoms with Crippen molar-refractivity contribution < 1.29 is 9.53 Å². The summed E-state index contributed by atoms with van der Waals surface area (Å²) in [6.45, 7) is 7.30. The number of carbonyl (C=O) groups is 1. The molecule has 1 unspecified atom stereocenters. The maximum absolute atomic E-state index is 11.7. The van der Waals surface area contributed by atoms with Crippen LogP contribution in [0, 0.1) is 5.41 Å². The maximum Gasteiger partial charge on any atom is 0.237 e. The maximum atomic E-state index is 11.7. The Balaban J connectivity index is 0.00000256. The van der Waals surface area contributed by atoms with E-state index in [9.17, 15) is 4.79 Å². The number of amides is 1. The third-order valence-electron chi connectivity index (χ3n) is 2.99. The highest BCUT2D eigenvalue weighted by Crippen LogP contribution is 2.17. The van der Waals surface area contributed by atoms with Crippen LogP contribution in [-0.4, -0.2) is 31.2 Å². The fourth-order valence-electron chi connectivity index (χ4n) is 1.69. The van der Waals surface area contributed by atoms with Gasteiger partial charge in [0.05, 0.1) is 12.1 Å². The quantitative estimate of drug-likeness (QED) is 0.811. The van der Waals surface area contributed by atoms with Gasteiger partial charge in [-0.25, -0.2) is 0 Å². The van der Waals surface area contributed by atoms with Gasteiger partial charge in [0, 0.05) is 13.2 Å². The van der Waals surface area contributed by atoms with Gasteiger partial charge in [0.25, 0.3) is 0 Å². The van der Waals surface area contributed by atoms with Crippen molar-refractivity contribution in [2.24, 2.45) is 11.1 Å². The van der Waals surface area contributed by atoms with Crippen molar-refractivity contribution in [2.45, 2.75) is 52.2 Å². The minimum atomic E-state index is -0.462. The van der Waals surface area contributed by atoms with Gasteiger partial charge in [-0.3, -0.25) is 4.79 Å².